The molecule has 1 amide bonds. The number of ether oxygens (including phenoxy) is 3. The first-order valence-corrected chi connectivity index (χ1v) is 14.3. The van der Waals surface area contributed by atoms with E-state index in [2.05, 4.69) is 20.9 Å². The van der Waals surface area contributed by atoms with Crippen LogP contribution in [0.2, 0.25) is 10.0 Å². The number of esters is 1. The molecule has 11 heteroatoms. The molecule has 0 saturated heterocycles. The Hall–Kier alpha value is -2.56. The van der Waals surface area contributed by atoms with E-state index in [1.54, 1.807) is 49.4 Å². The van der Waals surface area contributed by atoms with Crippen LogP contribution in [0, 0.1) is 11.2 Å². The van der Waals surface area contributed by atoms with Crippen LogP contribution in [-0.4, -0.2) is 48.2 Å². The Bertz CT molecular complexity index is 1420. The third-order valence-electron chi connectivity index (χ3n) is 7.07. The second-order valence-corrected chi connectivity index (χ2v) is 11.7. The van der Waals surface area contributed by atoms with E-state index in [0.717, 1.165) is 12.8 Å². The van der Waals surface area contributed by atoms with Crippen LogP contribution in [0.25, 0.3) is 0 Å². The molecule has 2 aromatic carbocycles. The van der Waals surface area contributed by atoms with Crippen LogP contribution in [0.1, 0.15) is 46.9 Å². The monoisotopic (exact) mass is 650 g/mol. The average molecular weight is 652 g/mol. The highest BCUT2D eigenvalue weighted by Crippen LogP contribution is 2.52. The van der Waals surface area contributed by atoms with Gasteiger partial charge in [0, 0.05) is 26.7 Å². The molecule has 0 bridgehead atoms. The molecule has 2 aliphatic rings. The number of carbonyl (C=O) groups is 2. The average Bonchev–Trinajstić information content (AvgIpc) is 3.65. The number of hydrogen-bond acceptors (Lipinski definition) is 6. The Morgan fingerprint density at radius 3 is 2.48 bits per heavy atom. The molecule has 2 heterocycles. The van der Waals surface area contributed by atoms with Gasteiger partial charge in [0.1, 0.15) is 12.4 Å². The van der Waals surface area contributed by atoms with Gasteiger partial charge in [-0.1, -0.05) is 51.3 Å². The Labute approximate surface area is 249 Å². The zero-order valence-electron chi connectivity index (χ0n) is 21.6. The van der Waals surface area contributed by atoms with Crippen molar-refractivity contribution in [1.29, 1.82) is 0 Å². The van der Waals surface area contributed by atoms with Crippen molar-refractivity contribution in [1.82, 2.24) is 9.88 Å². The lowest BCUT2D eigenvalue weighted by Crippen LogP contribution is -2.48. The topological polar surface area (TPSA) is 78.0 Å². The number of nitrogens with zero attached hydrogens (tertiary/aromatic N) is 2. The molecule has 210 valence electrons. The van der Waals surface area contributed by atoms with Crippen molar-refractivity contribution in [3.8, 4) is 0 Å². The van der Waals surface area contributed by atoms with Gasteiger partial charge >= 0.3 is 5.97 Å². The molecule has 40 heavy (non-hydrogen) atoms. The minimum atomic E-state index is -1.63. The predicted molar refractivity (Wildman–Crippen MR) is 151 cm³/mol. The molecule has 1 aliphatic heterocycles. The van der Waals surface area contributed by atoms with Crippen molar-refractivity contribution in [3.63, 3.8) is 0 Å². The number of carbonyl (C=O) groups excluding carboxylic acids is 2. The summed E-state index contributed by atoms with van der Waals surface area (Å²) in [5.74, 6) is -1.45. The van der Waals surface area contributed by atoms with Crippen molar-refractivity contribution < 1.29 is 28.2 Å². The number of rotatable bonds is 11. The standard InChI is InChI=1S/C29H26BrCl2FN2O5/c1-2-39-25(36)15-38-16-28(9-10-28)17-40-29(18-3-5-20(31)6-4-18)26-23(11-19(30)12-24(26)33)27(37)35(29)14-22-8-7-21(32)13-34-22/h3-8,11-13H,2,9-10,14-17H2,1H3. The van der Waals surface area contributed by atoms with Gasteiger partial charge in [0.05, 0.1) is 48.2 Å². The Balaban J connectivity index is 1.55. The number of amides is 1. The highest BCUT2D eigenvalue weighted by Gasteiger charge is 2.56. The van der Waals surface area contributed by atoms with E-state index >= 15 is 4.39 Å². The fourth-order valence-electron chi connectivity index (χ4n) is 4.88. The van der Waals surface area contributed by atoms with Crippen LogP contribution >= 0.6 is 39.1 Å². The molecular weight excluding hydrogens is 626 g/mol. The lowest BCUT2D eigenvalue weighted by atomic mass is 9.92. The van der Waals surface area contributed by atoms with E-state index in [-0.39, 0.29) is 44.1 Å². The third-order valence-corrected chi connectivity index (χ3v) is 8.01. The maximum atomic E-state index is 15.9. The quantitative estimate of drug-likeness (QED) is 0.220. The van der Waals surface area contributed by atoms with Crippen molar-refractivity contribution in [2.45, 2.75) is 32.0 Å². The summed E-state index contributed by atoms with van der Waals surface area (Å²) >= 11 is 15.6. The van der Waals surface area contributed by atoms with Gasteiger partial charge in [-0.3, -0.25) is 14.7 Å². The number of hydrogen-bond donors (Lipinski definition) is 0. The van der Waals surface area contributed by atoms with Crippen LogP contribution in [0.15, 0.2) is 59.2 Å². The molecule has 5 rings (SSSR count). The largest absolute Gasteiger partial charge is 0.464 e. The summed E-state index contributed by atoms with van der Waals surface area (Å²) < 4.78 is 33.7. The normalized spacial score (nSPS) is 19.0. The second kappa shape index (κ2) is 11.7. The summed E-state index contributed by atoms with van der Waals surface area (Å²) in [4.78, 5) is 31.6. The molecule has 1 aliphatic carbocycles. The molecule has 1 atom stereocenters. The number of fused-ring (bicyclic) bond motifs is 1. The van der Waals surface area contributed by atoms with Gasteiger partial charge in [-0.05, 0) is 56.2 Å². The number of pyridine rings is 1. The molecule has 3 aromatic rings. The molecule has 1 aromatic heterocycles. The first-order chi connectivity index (χ1) is 19.2. The molecule has 0 radical (unpaired) electrons. The first kappa shape index (κ1) is 29.0. The molecule has 0 N–H and O–H groups in total. The predicted octanol–water partition coefficient (Wildman–Crippen LogP) is 6.52. The lowest BCUT2D eigenvalue weighted by molar-refractivity contribution is -0.152. The van der Waals surface area contributed by atoms with Crippen molar-refractivity contribution in [3.05, 3.63) is 97.4 Å². The van der Waals surface area contributed by atoms with Crippen molar-refractivity contribution >= 4 is 51.0 Å². The van der Waals surface area contributed by atoms with Crippen LogP contribution in [-0.2, 0) is 31.3 Å². The van der Waals surface area contributed by atoms with Crippen molar-refractivity contribution in [2.24, 2.45) is 5.41 Å². The van der Waals surface area contributed by atoms with Gasteiger partial charge in [-0.15, -0.1) is 0 Å². The SMILES string of the molecule is CCOC(=O)COCC1(COC2(c3ccc(Cl)cc3)c3c(F)cc(Br)cc3C(=O)N2Cc2ccc(Cl)cn2)CC1. The number of benzene rings is 2. The van der Waals surface area contributed by atoms with Crippen LogP contribution in [0.5, 0.6) is 0 Å². The highest BCUT2D eigenvalue weighted by atomic mass is 79.9. The molecule has 7 nitrogen and oxygen atoms in total. The number of aromatic nitrogens is 1. The lowest BCUT2D eigenvalue weighted by Gasteiger charge is -2.40. The zero-order valence-corrected chi connectivity index (χ0v) is 24.7. The summed E-state index contributed by atoms with van der Waals surface area (Å²) in [6.45, 7) is 2.25. The summed E-state index contributed by atoms with van der Waals surface area (Å²) in [5, 5.41) is 0.935. The maximum absolute atomic E-state index is 15.9. The van der Waals surface area contributed by atoms with Gasteiger partial charge in [0.25, 0.3) is 5.91 Å². The smallest absolute Gasteiger partial charge is 0.332 e. The van der Waals surface area contributed by atoms with Gasteiger partial charge in [0.2, 0.25) is 0 Å². The zero-order chi connectivity index (χ0) is 28.5. The van der Waals surface area contributed by atoms with Crippen LogP contribution in [0.4, 0.5) is 4.39 Å². The molecular formula is C29H26BrCl2FN2O5. The van der Waals surface area contributed by atoms with E-state index in [0.29, 0.717) is 25.8 Å². The van der Waals surface area contributed by atoms with E-state index in [1.165, 1.54) is 17.2 Å². The second-order valence-electron chi connectivity index (χ2n) is 9.91. The van der Waals surface area contributed by atoms with E-state index < -0.39 is 28.8 Å². The van der Waals surface area contributed by atoms with Gasteiger partial charge in [-0.2, -0.15) is 0 Å². The molecule has 1 saturated carbocycles. The molecule has 1 unspecified atom stereocenters. The van der Waals surface area contributed by atoms with E-state index in [9.17, 15) is 9.59 Å². The highest BCUT2D eigenvalue weighted by molar-refractivity contribution is 9.10. The minimum absolute atomic E-state index is 0.0245. The van der Waals surface area contributed by atoms with E-state index in [1.807, 2.05) is 0 Å². The van der Waals surface area contributed by atoms with Crippen molar-refractivity contribution in [2.75, 3.05) is 26.4 Å². The summed E-state index contributed by atoms with van der Waals surface area (Å²) in [5.41, 5.74) is -0.652. The maximum Gasteiger partial charge on any atom is 0.332 e. The third kappa shape index (κ3) is 5.76. The molecule has 1 fully saturated rings. The Morgan fingerprint density at radius 1 is 1.10 bits per heavy atom. The summed E-state index contributed by atoms with van der Waals surface area (Å²) in [6, 6.07) is 13.1. The van der Waals surface area contributed by atoms with Gasteiger partial charge < -0.3 is 14.2 Å². The molecule has 0 spiro atoms. The minimum Gasteiger partial charge on any atom is -0.464 e. The van der Waals surface area contributed by atoms with Crippen LogP contribution in [0.3, 0.4) is 0 Å². The Morgan fingerprint density at radius 2 is 1.82 bits per heavy atom. The van der Waals surface area contributed by atoms with Gasteiger partial charge in [-0.25, -0.2) is 9.18 Å². The first-order valence-electron chi connectivity index (χ1n) is 12.7. The van der Waals surface area contributed by atoms with Gasteiger partial charge in [0.15, 0.2) is 5.72 Å². The fourth-order valence-corrected chi connectivity index (χ4v) is 5.55. The van der Waals surface area contributed by atoms with E-state index in [4.69, 9.17) is 37.4 Å². The Kier molecular flexibility index (Phi) is 8.50. The summed E-state index contributed by atoms with van der Waals surface area (Å²) in [6.07, 6.45) is 3.07. The number of halogens is 4. The fraction of sp³-hybridized carbons (Fsp3) is 0.345. The summed E-state index contributed by atoms with van der Waals surface area (Å²) in [7, 11) is 0. The van der Waals surface area contributed by atoms with Crippen LogP contribution < -0.4 is 0 Å².